The van der Waals surface area contributed by atoms with Gasteiger partial charge in [0, 0.05) is 11.6 Å². The van der Waals surface area contributed by atoms with Gasteiger partial charge in [-0.1, -0.05) is 44.2 Å². The number of amides is 2. The number of nitrogens with zero attached hydrogens (tertiary/aromatic N) is 1. The molecule has 0 aliphatic rings. The molecule has 2 amide bonds. The highest BCUT2D eigenvalue weighted by molar-refractivity contribution is 6.16. The van der Waals surface area contributed by atoms with Gasteiger partial charge in [-0.15, -0.1) is 0 Å². The highest BCUT2D eigenvalue weighted by atomic mass is 16.4. The Kier molecular flexibility index (Phi) is 6.07. The summed E-state index contributed by atoms with van der Waals surface area (Å²) in [6.45, 7) is 3.44. The van der Waals surface area contributed by atoms with Gasteiger partial charge in [-0.3, -0.25) is 14.6 Å². The largest absolute Gasteiger partial charge is 0.480 e. The van der Waals surface area contributed by atoms with Crippen molar-refractivity contribution in [2.75, 3.05) is 6.54 Å². The molecular formula is C22H23N3O4. The third-order valence-corrected chi connectivity index (χ3v) is 4.61. The Morgan fingerprint density at radius 1 is 1.07 bits per heavy atom. The number of rotatable bonds is 7. The molecule has 2 aromatic carbocycles. The fraction of sp³-hybridized carbons (Fsp3) is 0.273. The lowest BCUT2D eigenvalue weighted by Crippen LogP contribution is -2.46. The van der Waals surface area contributed by atoms with Crippen molar-refractivity contribution < 1.29 is 19.5 Å². The fourth-order valence-corrected chi connectivity index (χ4v) is 3.30. The second-order valence-electron chi connectivity index (χ2n) is 7.32. The van der Waals surface area contributed by atoms with Crippen LogP contribution < -0.4 is 10.6 Å². The number of fused-ring (bicyclic) bond motifs is 3. The zero-order valence-electron chi connectivity index (χ0n) is 16.3. The molecule has 0 radical (unpaired) electrons. The summed E-state index contributed by atoms with van der Waals surface area (Å²) in [7, 11) is 0. The van der Waals surface area contributed by atoms with Gasteiger partial charge in [-0.2, -0.15) is 0 Å². The Bertz CT molecular complexity index is 1080. The minimum absolute atomic E-state index is 0.112. The molecule has 0 fully saturated rings. The fourth-order valence-electron chi connectivity index (χ4n) is 3.30. The van der Waals surface area contributed by atoms with Gasteiger partial charge in [0.2, 0.25) is 5.91 Å². The third-order valence-electron chi connectivity index (χ3n) is 4.61. The van der Waals surface area contributed by atoms with E-state index in [0.717, 1.165) is 16.2 Å². The van der Waals surface area contributed by atoms with E-state index in [-0.39, 0.29) is 12.5 Å². The van der Waals surface area contributed by atoms with Crippen molar-refractivity contribution in [3.63, 3.8) is 0 Å². The number of nitrogens with one attached hydrogen (secondary N) is 2. The minimum atomic E-state index is -1.09. The smallest absolute Gasteiger partial charge is 0.326 e. The normalized spacial score (nSPS) is 12.1. The molecule has 0 saturated heterocycles. The summed E-state index contributed by atoms with van der Waals surface area (Å²) >= 11 is 0. The summed E-state index contributed by atoms with van der Waals surface area (Å²) in [5.74, 6) is -1.97. The van der Waals surface area contributed by atoms with E-state index >= 15 is 0 Å². The van der Waals surface area contributed by atoms with Crippen molar-refractivity contribution >= 4 is 39.5 Å². The first-order chi connectivity index (χ1) is 13.9. The summed E-state index contributed by atoms with van der Waals surface area (Å²) < 4.78 is 0. The number of hydrogen-bond acceptors (Lipinski definition) is 4. The number of aliphatic carboxylic acids is 1. The molecule has 3 rings (SSSR count). The topological polar surface area (TPSA) is 108 Å². The molecule has 1 heterocycles. The molecule has 0 saturated carbocycles. The molecule has 3 N–H and O–H groups in total. The molecule has 0 spiro atoms. The molecular weight excluding hydrogens is 370 g/mol. The molecule has 29 heavy (non-hydrogen) atoms. The first-order valence-electron chi connectivity index (χ1n) is 9.43. The Balaban J connectivity index is 1.78. The molecule has 0 unspecified atom stereocenters. The molecule has 0 bridgehead atoms. The number of hydrogen-bond donors (Lipinski definition) is 3. The van der Waals surface area contributed by atoms with E-state index in [0.29, 0.717) is 17.5 Å². The van der Waals surface area contributed by atoms with Crippen LogP contribution in [0.15, 0.2) is 48.7 Å². The lowest BCUT2D eigenvalue weighted by molar-refractivity contribution is -0.142. The summed E-state index contributed by atoms with van der Waals surface area (Å²) in [5.41, 5.74) is 0.913. The SMILES string of the molecule is CC(C)C[C@H](NC(=O)CNC(=O)c1cc2ccccc2c2cccnc12)C(=O)O. The quantitative estimate of drug-likeness (QED) is 0.535. The van der Waals surface area contributed by atoms with Gasteiger partial charge in [-0.05, 0) is 35.2 Å². The lowest BCUT2D eigenvalue weighted by atomic mass is 10.0. The van der Waals surface area contributed by atoms with E-state index in [1.54, 1.807) is 12.3 Å². The van der Waals surface area contributed by atoms with Crippen molar-refractivity contribution in [3.8, 4) is 0 Å². The van der Waals surface area contributed by atoms with E-state index in [4.69, 9.17) is 0 Å². The second-order valence-corrected chi connectivity index (χ2v) is 7.32. The van der Waals surface area contributed by atoms with Crippen molar-refractivity contribution in [1.82, 2.24) is 15.6 Å². The molecule has 7 nitrogen and oxygen atoms in total. The number of carboxylic acid groups (broad SMARTS) is 1. The molecule has 0 aliphatic heterocycles. The van der Waals surface area contributed by atoms with Crippen molar-refractivity contribution in [3.05, 3.63) is 54.2 Å². The van der Waals surface area contributed by atoms with E-state index in [1.807, 2.05) is 50.2 Å². The molecule has 3 aromatic rings. The second kappa shape index (κ2) is 8.68. The molecule has 7 heteroatoms. The average molecular weight is 393 g/mol. The van der Waals surface area contributed by atoms with Gasteiger partial charge in [0.25, 0.3) is 5.91 Å². The van der Waals surface area contributed by atoms with Gasteiger partial charge in [0.1, 0.15) is 6.04 Å². The first kappa shape index (κ1) is 20.3. The monoisotopic (exact) mass is 393 g/mol. The van der Waals surface area contributed by atoms with E-state index in [2.05, 4.69) is 15.6 Å². The van der Waals surface area contributed by atoms with Gasteiger partial charge < -0.3 is 15.7 Å². The zero-order chi connectivity index (χ0) is 21.0. The van der Waals surface area contributed by atoms with Gasteiger partial charge >= 0.3 is 5.97 Å². The van der Waals surface area contributed by atoms with Crippen LogP contribution in [0.1, 0.15) is 30.6 Å². The van der Waals surface area contributed by atoms with Crippen LogP contribution in [0.3, 0.4) is 0 Å². The molecule has 150 valence electrons. The summed E-state index contributed by atoms with van der Waals surface area (Å²) in [4.78, 5) is 40.5. The maximum absolute atomic E-state index is 12.8. The Hall–Kier alpha value is -3.48. The lowest BCUT2D eigenvalue weighted by Gasteiger charge is -2.16. The van der Waals surface area contributed by atoms with Crippen LogP contribution >= 0.6 is 0 Å². The predicted octanol–water partition coefficient (Wildman–Crippen LogP) is 2.73. The van der Waals surface area contributed by atoms with E-state index in [1.165, 1.54) is 0 Å². The van der Waals surface area contributed by atoms with Crippen LogP contribution in [0.5, 0.6) is 0 Å². The summed E-state index contributed by atoms with van der Waals surface area (Å²) in [6, 6.07) is 12.2. The number of carbonyl (C=O) groups is 3. The highest BCUT2D eigenvalue weighted by Gasteiger charge is 2.21. The molecule has 0 aliphatic carbocycles. The molecule has 1 aromatic heterocycles. The Labute approximate surface area is 168 Å². The predicted molar refractivity (Wildman–Crippen MR) is 111 cm³/mol. The maximum Gasteiger partial charge on any atom is 0.326 e. The highest BCUT2D eigenvalue weighted by Crippen LogP contribution is 2.27. The number of carbonyl (C=O) groups excluding carboxylic acids is 2. The Morgan fingerprint density at radius 3 is 2.52 bits per heavy atom. The number of pyridine rings is 1. The van der Waals surface area contributed by atoms with Crippen LogP contribution in [-0.2, 0) is 9.59 Å². The summed E-state index contributed by atoms with van der Waals surface area (Å²) in [6.07, 6.45) is 1.93. The number of aromatic nitrogens is 1. The van der Waals surface area contributed by atoms with Crippen molar-refractivity contribution in [2.24, 2.45) is 5.92 Å². The zero-order valence-corrected chi connectivity index (χ0v) is 16.3. The van der Waals surface area contributed by atoms with Crippen LogP contribution in [0, 0.1) is 5.92 Å². The van der Waals surface area contributed by atoms with Gasteiger partial charge in [-0.25, -0.2) is 4.79 Å². The van der Waals surface area contributed by atoms with Crippen LogP contribution in [-0.4, -0.2) is 40.5 Å². The third kappa shape index (κ3) is 4.68. The molecule has 1 atom stereocenters. The maximum atomic E-state index is 12.8. The van der Waals surface area contributed by atoms with Crippen LogP contribution in [0.4, 0.5) is 0 Å². The van der Waals surface area contributed by atoms with Gasteiger partial charge in [0.15, 0.2) is 0 Å². The van der Waals surface area contributed by atoms with Crippen LogP contribution in [0.25, 0.3) is 21.7 Å². The minimum Gasteiger partial charge on any atom is -0.480 e. The number of benzene rings is 2. The number of carboxylic acids is 1. The summed E-state index contributed by atoms with van der Waals surface area (Å²) in [5, 5.41) is 17.0. The first-order valence-corrected chi connectivity index (χ1v) is 9.43. The van der Waals surface area contributed by atoms with E-state index < -0.39 is 23.8 Å². The van der Waals surface area contributed by atoms with Crippen LogP contribution in [0.2, 0.25) is 0 Å². The average Bonchev–Trinajstić information content (AvgIpc) is 2.70. The van der Waals surface area contributed by atoms with Crippen molar-refractivity contribution in [1.29, 1.82) is 0 Å². The standard InChI is InChI=1S/C22H23N3O4/c1-13(2)10-18(22(28)29)25-19(26)12-24-21(27)17-11-14-6-3-4-7-15(14)16-8-5-9-23-20(16)17/h3-9,11,13,18H,10,12H2,1-2H3,(H,24,27)(H,25,26)(H,28,29)/t18-/m0/s1. The van der Waals surface area contributed by atoms with E-state index in [9.17, 15) is 19.5 Å². The van der Waals surface area contributed by atoms with Gasteiger partial charge in [0.05, 0.1) is 17.6 Å². The van der Waals surface area contributed by atoms with Crippen molar-refractivity contribution in [2.45, 2.75) is 26.3 Å². The Morgan fingerprint density at radius 2 is 1.79 bits per heavy atom.